The summed E-state index contributed by atoms with van der Waals surface area (Å²) in [4.78, 5) is 11.9. The van der Waals surface area contributed by atoms with E-state index in [1.165, 1.54) is 0 Å². The summed E-state index contributed by atoms with van der Waals surface area (Å²) in [7, 11) is 0. The van der Waals surface area contributed by atoms with Gasteiger partial charge in [0.1, 0.15) is 0 Å². The van der Waals surface area contributed by atoms with E-state index < -0.39 is 0 Å². The van der Waals surface area contributed by atoms with E-state index in [9.17, 15) is 4.79 Å². The Bertz CT molecular complexity index is 449. The number of hydrogen-bond donors (Lipinski definition) is 1. The first-order valence-electron chi connectivity index (χ1n) is 5.66. The van der Waals surface area contributed by atoms with Crippen LogP contribution in [-0.4, -0.2) is 17.3 Å². The molecule has 0 saturated heterocycles. The van der Waals surface area contributed by atoms with Crippen molar-refractivity contribution in [1.82, 2.24) is 5.32 Å². The Morgan fingerprint density at radius 1 is 1.35 bits per heavy atom. The van der Waals surface area contributed by atoms with Gasteiger partial charge in [-0.25, -0.2) is 0 Å². The molecular formula is C13H13ClN2O. The van der Waals surface area contributed by atoms with Gasteiger partial charge in [0.15, 0.2) is 0 Å². The van der Waals surface area contributed by atoms with Crippen molar-refractivity contribution < 1.29 is 4.79 Å². The highest BCUT2D eigenvalue weighted by Crippen LogP contribution is 2.24. The molecule has 1 aromatic carbocycles. The zero-order valence-corrected chi connectivity index (χ0v) is 10.1. The van der Waals surface area contributed by atoms with E-state index in [-0.39, 0.29) is 17.3 Å². The highest BCUT2D eigenvalue weighted by molar-refractivity contribution is 6.21. The lowest BCUT2D eigenvalue weighted by Gasteiger charge is -2.15. The normalized spacial score (nSPS) is 23.1. The first-order chi connectivity index (χ1) is 8.20. The van der Waals surface area contributed by atoms with Crippen LogP contribution in [0, 0.1) is 11.3 Å². The summed E-state index contributed by atoms with van der Waals surface area (Å²) in [5.41, 5.74) is 1.12. The number of alkyl halides is 1. The van der Waals surface area contributed by atoms with Gasteiger partial charge < -0.3 is 5.32 Å². The summed E-state index contributed by atoms with van der Waals surface area (Å²) in [6.07, 6.45) is 2.96. The van der Waals surface area contributed by atoms with Crippen LogP contribution in [0.3, 0.4) is 0 Å². The quantitative estimate of drug-likeness (QED) is 0.818. The average molecular weight is 249 g/mol. The third kappa shape index (κ3) is 2.78. The second-order valence-corrected chi connectivity index (χ2v) is 4.78. The third-order valence-electron chi connectivity index (χ3n) is 3.02. The summed E-state index contributed by atoms with van der Waals surface area (Å²) >= 11 is 6.10. The van der Waals surface area contributed by atoms with Crippen LogP contribution in [-0.2, 0) is 0 Å². The molecule has 0 aromatic heterocycles. The number of nitrogens with one attached hydrogen (secondary N) is 1. The third-order valence-corrected chi connectivity index (χ3v) is 3.55. The zero-order chi connectivity index (χ0) is 12.3. The molecule has 17 heavy (non-hydrogen) atoms. The van der Waals surface area contributed by atoms with Gasteiger partial charge >= 0.3 is 0 Å². The average Bonchev–Trinajstić information content (AvgIpc) is 2.75. The Balaban J connectivity index is 2.02. The van der Waals surface area contributed by atoms with Gasteiger partial charge in [0.05, 0.1) is 17.0 Å². The maximum atomic E-state index is 11.9. The molecule has 0 aliphatic heterocycles. The van der Waals surface area contributed by atoms with Gasteiger partial charge in [-0.2, -0.15) is 5.26 Å². The Labute approximate surface area is 105 Å². The van der Waals surface area contributed by atoms with Crippen LogP contribution in [0.5, 0.6) is 0 Å². The van der Waals surface area contributed by atoms with Crippen molar-refractivity contribution in [2.24, 2.45) is 0 Å². The van der Waals surface area contributed by atoms with Crippen LogP contribution in [0.2, 0.25) is 0 Å². The van der Waals surface area contributed by atoms with E-state index in [0.29, 0.717) is 11.1 Å². The number of carbonyl (C=O) groups is 1. The van der Waals surface area contributed by atoms with E-state index in [0.717, 1.165) is 19.3 Å². The van der Waals surface area contributed by atoms with Gasteiger partial charge in [0.25, 0.3) is 5.91 Å². The van der Waals surface area contributed by atoms with Crippen LogP contribution >= 0.6 is 11.6 Å². The van der Waals surface area contributed by atoms with Crippen LogP contribution in [0.15, 0.2) is 24.3 Å². The van der Waals surface area contributed by atoms with Crippen LogP contribution in [0.1, 0.15) is 35.2 Å². The minimum absolute atomic E-state index is 0.0392. The molecule has 2 unspecified atom stereocenters. The zero-order valence-electron chi connectivity index (χ0n) is 9.32. The number of nitrogens with zero attached hydrogens (tertiary/aromatic N) is 1. The lowest BCUT2D eigenvalue weighted by Crippen LogP contribution is -2.37. The molecule has 88 valence electrons. The molecule has 0 spiro atoms. The van der Waals surface area contributed by atoms with Gasteiger partial charge in [0.2, 0.25) is 0 Å². The molecule has 3 nitrogen and oxygen atoms in total. The maximum absolute atomic E-state index is 11.9. The van der Waals surface area contributed by atoms with E-state index in [1.807, 2.05) is 6.07 Å². The Morgan fingerprint density at radius 2 is 2.06 bits per heavy atom. The minimum atomic E-state index is -0.118. The maximum Gasteiger partial charge on any atom is 0.251 e. The summed E-state index contributed by atoms with van der Waals surface area (Å²) in [6, 6.07) is 8.69. The highest BCUT2D eigenvalue weighted by Gasteiger charge is 2.26. The van der Waals surface area contributed by atoms with Crippen molar-refractivity contribution in [3.8, 4) is 6.07 Å². The molecule has 0 heterocycles. The monoisotopic (exact) mass is 248 g/mol. The first kappa shape index (κ1) is 11.9. The first-order valence-corrected chi connectivity index (χ1v) is 6.09. The smallest absolute Gasteiger partial charge is 0.251 e. The summed E-state index contributed by atoms with van der Waals surface area (Å²) in [6.45, 7) is 0. The van der Waals surface area contributed by atoms with Crippen molar-refractivity contribution in [1.29, 1.82) is 5.26 Å². The number of rotatable bonds is 2. The second-order valence-electron chi connectivity index (χ2n) is 4.22. The number of halogens is 1. The van der Waals surface area contributed by atoms with Gasteiger partial charge in [-0.15, -0.1) is 11.6 Å². The molecule has 1 aromatic rings. The Morgan fingerprint density at radius 3 is 2.59 bits per heavy atom. The van der Waals surface area contributed by atoms with E-state index in [2.05, 4.69) is 5.32 Å². The van der Waals surface area contributed by atoms with Gasteiger partial charge in [0, 0.05) is 11.6 Å². The number of benzene rings is 1. The van der Waals surface area contributed by atoms with Crippen molar-refractivity contribution in [2.75, 3.05) is 0 Å². The largest absolute Gasteiger partial charge is 0.348 e. The van der Waals surface area contributed by atoms with E-state index in [4.69, 9.17) is 16.9 Å². The molecule has 1 amide bonds. The molecule has 0 bridgehead atoms. The van der Waals surface area contributed by atoms with E-state index in [1.54, 1.807) is 24.3 Å². The highest BCUT2D eigenvalue weighted by atomic mass is 35.5. The molecule has 1 saturated carbocycles. The predicted octanol–water partition coefficient (Wildman–Crippen LogP) is 2.45. The lowest BCUT2D eigenvalue weighted by molar-refractivity contribution is 0.0938. The minimum Gasteiger partial charge on any atom is -0.348 e. The fourth-order valence-corrected chi connectivity index (χ4v) is 2.37. The molecular weight excluding hydrogens is 236 g/mol. The summed E-state index contributed by atoms with van der Waals surface area (Å²) in [5, 5.41) is 11.6. The standard InChI is InChI=1S/C13H13ClN2O/c14-11-2-1-3-12(11)16-13(17)10-6-4-9(8-15)5-7-10/h4-7,11-12H,1-3H2,(H,16,17). The lowest BCUT2D eigenvalue weighted by atomic mass is 10.1. The number of amides is 1. The molecule has 2 rings (SSSR count). The van der Waals surface area contributed by atoms with Crippen molar-refractivity contribution in [2.45, 2.75) is 30.7 Å². The fourth-order valence-electron chi connectivity index (χ4n) is 2.03. The molecule has 2 atom stereocenters. The molecule has 1 fully saturated rings. The number of carbonyl (C=O) groups excluding carboxylic acids is 1. The second kappa shape index (κ2) is 5.20. The van der Waals surface area contributed by atoms with Crippen LogP contribution < -0.4 is 5.32 Å². The fraction of sp³-hybridized carbons (Fsp3) is 0.385. The summed E-state index contributed by atoms with van der Waals surface area (Å²) < 4.78 is 0. The van der Waals surface area contributed by atoms with E-state index >= 15 is 0 Å². The Hall–Kier alpha value is -1.53. The molecule has 1 aliphatic carbocycles. The SMILES string of the molecule is N#Cc1ccc(C(=O)NC2CCCC2Cl)cc1. The van der Waals surface area contributed by atoms with Crippen molar-refractivity contribution in [3.05, 3.63) is 35.4 Å². The number of nitriles is 1. The van der Waals surface area contributed by atoms with Crippen LogP contribution in [0.25, 0.3) is 0 Å². The van der Waals surface area contributed by atoms with Crippen molar-refractivity contribution >= 4 is 17.5 Å². The van der Waals surface area contributed by atoms with Crippen LogP contribution in [0.4, 0.5) is 0 Å². The van der Waals surface area contributed by atoms with Gasteiger partial charge in [-0.05, 0) is 43.5 Å². The van der Waals surface area contributed by atoms with Gasteiger partial charge in [-0.1, -0.05) is 0 Å². The molecule has 4 heteroatoms. The molecule has 1 aliphatic rings. The topological polar surface area (TPSA) is 52.9 Å². The Kier molecular flexibility index (Phi) is 3.65. The molecule has 0 radical (unpaired) electrons. The molecule has 1 N–H and O–H groups in total. The summed E-state index contributed by atoms with van der Waals surface area (Å²) in [5.74, 6) is -0.118. The van der Waals surface area contributed by atoms with Gasteiger partial charge in [-0.3, -0.25) is 4.79 Å². The number of hydrogen-bond acceptors (Lipinski definition) is 2. The van der Waals surface area contributed by atoms with Crippen molar-refractivity contribution in [3.63, 3.8) is 0 Å². The predicted molar refractivity (Wildman–Crippen MR) is 65.9 cm³/mol.